The van der Waals surface area contributed by atoms with Crippen molar-refractivity contribution < 1.29 is 9.53 Å². The van der Waals surface area contributed by atoms with Crippen LogP contribution in [0.25, 0.3) is 0 Å². The molecule has 21 heavy (non-hydrogen) atoms. The van der Waals surface area contributed by atoms with E-state index in [1.54, 1.807) is 6.07 Å². The van der Waals surface area contributed by atoms with E-state index >= 15 is 0 Å². The van der Waals surface area contributed by atoms with Gasteiger partial charge in [-0.2, -0.15) is 0 Å². The third-order valence-corrected chi connectivity index (χ3v) is 3.70. The zero-order valence-electron chi connectivity index (χ0n) is 12.0. The fourth-order valence-electron chi connectivity index (χ4n) is 2.48. The summed E-state index contributed by atoms with van der Waals surface area (Å²) in [5.74, 6) is -0.272. The van der Waals surface area contributed by atoms with Gasteiger partial charge in [-0.15, -0.1) is 0 Å². The second-order valence-electron chi connectivity index (χ2n) is 5.52. The van der Waals surface area contributed by atoms with E-state index in [1.807, 2.05) is 29.0 Å². The van der Waals surface area contributed by atoms with E-state index in [0.29, 0.717) is 24.0 Å². The highest BCUT2D eigenvalue weighted by Crippen LogP contribution is 2.37. The lowest BCUT2D eigenvalue weighted by atomic mass is 10.1. The van der Waals surface area contributed by atoms with Crippen LogP contribution < -0.4 is 5.73 Å². The molecule has 1 aliphatic carbocycles. The first-order valence-corrected chi connectivity index (χ1v) is 7.42. The minimum Gasteiger partial charge on any atom is -0.461 e. The van der Waals surface area contributed by atoms with E-state index in [0.717, 1.165) is 25.7 Å². The molecule has 1 heterocycles. The number of nitrogens with zero attached hydrogens (tertiary/aromatic N) is 1. The van der Waals surface area contributed by atoms with Gasteiger partial charge in [-0.3, -0.25) is 0 Å². The number of anilines is 1. The Kier molecular flexibility index (Phi) is 3.95. The van der Waals surface area contributed by atoms with Crippen LogP contribution in [-0.2, 0) is 11.2 Å². The largest absolute Gasteiger partial charge is 0.461 e. The first kappa shape index (κ1) is 13.7. The van der Waals surface area contributed by atoms with Gasteiger partial charge in [0.25, 0.3) is 0 Å². The Labute approximate surface area is 124 Å². The molecule has 1 aromatic heterocycles. The summed E-state index contributed by atoms with van der Waals surface area (Å²) in [6, 6.07) is 12.3. The molecule has 0 unspecified atom stereocenters. The van der Waals surface area contributed by atoms with Crippen LogP contribution in [0.2, 0.25) is 0 Å². The van der Waals surface area contributed by atoms with Crippen LogP contribution in [-0.4, -0.2) is 17.1 Å². The van der Waals surface area contributed by atoms with Crippen molar-refractivity contribution in [2.24, 2.45) is 0 Å². The Morgan fingerprint density at radius 3 is 2.76 bits per heavy atom. The van der Waals surface area contributed by atoms with Gasteiger partial charge in [-0.1, -0.05) is 30.3 Å². The van der Waals surface area contributed by atoms with E-state index in [2.05, 4.69) is 12.1 Å². The number of hydrogen-bond donors (Lipinski definition) is 1. The summed E-state index contributed by atoms with van der Waals surface area (Å²) in [4.78, 5) is 12.1. The fourth-order valence-corrected chi connectivity index (χ4v) is 2.48. The fraction of sp³-hybridized carbons (Fsp3) is 0.353. The number of esters is 1. The number of rotatable bonds is 6. The number of ether oxygens (including phenoxy) is 1. The van der Waals surface area contributed by atoms with E-state index in [4.69, 9.17) is 10.5 Å². The molecule has 0 saturated heterocycles. The van der Waals surface area contributed by atoms with Gasteiger partial charge >= 0.3 is 5.97 Å². The van der Waals surface area contributed by atoms with Crippen LogP contribution in [0.4, 0.5) is 5.69 Å². The van der Waals surface area contributed by atoms with Crippen molar-refractivity contribution in [1.29, 1.82) is 0 Å². The van der Waals surface area contributed by atoms with Gasteiger partial charge in [-0.25, -0.2) is 4.79 Å². The lowest BCUT2D eigenvalue weighted by Crippen LogP contribution is -2.12. The number of nitrogen functional groups attached to an aromatic ring is 1. The normalized spacial score (nSPS) is 14.1. The maximum atomic E-state index is 12.1. The maximum Gasteiger partial charge on any atom is 0.355 e. The van der Waals surface area contributed by atoms with Gasteiger partial charge in [0, 0.05) is 12.2 Å². The molecule has 110 valence electrons. The zero-order valence-corrected chi connectivity index (χ0v) is 12.0. The molecule has 0 aliphatic heterocycles. The average Bonchev–Trinajstić information content (AvgIpc) is 3.27. The summed E-state index contributed by atoms with van der Waals surface area (Å²) < 4.78 is 7.32. The predicted molar refractivity (Wildman–Crippen MR) is 82.2 cm³/mol. The van der Waals surface area contributed by atoms with Crippen LogP contribution in [0.5, 0.6) is 0 Å². The molecule has 0 bridgehead atoms. The van der Waals surface area contributed by atoms with Crippen LogP contribution in [0, 0.1) is 0 Å². The summed E-state index contributed by atoms with van der Waals surface area (Å²) in [6.07, 6.45) is 5.80. The quantitative estimate of drug-likeness (QED) is 0.654. The maximum absolute atomic E-state index is 12.1. The second-order valence-corrected chi connectivity index (χ2v) is 5.52. The summed E-state index contributed by atoms with van der Waals surface area (Å²) >= 11 is 0. The van der Waals surface area contributed by atoms with Gasteiger partial charge < -0.3 is 15.0 Å². The molecule has 0 spiro atoms. The Balaban J connectivity index is 1.50. The van der Waals surface area contributed by atoms with Gasteiger partial charge in [0.15, 0.2) is 0 Å². The summed E-state index contributed by atoms with van der Waals surface area (Å²) in [6.45, 7) is 0.434. The third kappa shape index (κ3) is 3.45. The van der Waals surface area contributed by atoms with Crippen molar-refractivity contribution >= 4 is 11.7 Å². The molecule has 1 saturated carbocycles. The highest BCUT2D eigenvalue weighted by Gasteiger charge is 2.28. The number of carbonyl (C=O) groups is 1. The van der Waals surface area contributed by atoms with Crippen LogP contribution in [0.15, 0.2) is 42.6 Å². The predicted octanol–water partition coefficient (Wildman–Crippen LogP) is 3.19. The van der Waals surface area contributed by atoms with E-state index < -0.39 is 0 Å². The molecule has 1 aliphatic rings. The van der Waals surface area contributed by atoms with Gasteiger partial charge in [0.1, 0.15) is 5.69 Å². The van der Waals surface area contributed by atoms with E-state index in [1.165, 1.54) is 5.56 Å². The second kappa shape index (κ2) is 6.04. The molecule has 0 radical (unpaired) electrons. The molecular formula is C17H20N2O2. The monoisotopic (exact) mass is 284 g/mol. The number of carbonyl (C=O) groups excluding carboxylic acids is 1. The standard InChI is InChI=1S/C17H20N2O2/c18-14-11-16(19(12-14)15-8-9-15)17(20)21-10-4-7-13-5-2-1-3-6-13/h1-3,5-6,11-12,15H,4,7-10,18H2. The number of hydrogen-bond acceptors (Lipinski definition) is 3. The van der Waals surface area contributed by atoms with Gasteiger partial charge in [-0.05, 0) is 37.3 Å². The Hall–Kier alpha value is -2.23. The SMILES string of the molecule is Nc1cc(C(=O)OCCCc2ccccc2)n(C2CC2)c1. The highest BCUT2D eigenvalue weighted by atomic mass is 16.5. The van der Waals surface area contributed by atoms with E-state index in [9.17, 15) is 4.79 Å². The van der Waals surface area contributed by atoms with Crippen LogP contribution in [0.1, 0.15) is 41.4 Å². The minimum absolute atomic E-state index is 0.272. The summed E-state index contributed by atoms with van der Waals surface area (Å²) in [5, 5.41) is 0. The molecule has 2 aromatic rings. The van der Waals surface area contributed by atoms with Gasteiger partial charge in [0.05, 0.1) is 12.3 Å². The molecule has 0 amide bonds. The van der Waals surface area contributed by atoms with Crippen molar-refractivity contribution in [3.63, 3.8) is 0 Å². The lowest BCUT2D eigenvalue weighted by Gasteiger charge is -2.08. The highest BCUT2D eigenvalue weighted by molar-refractivity contribution is 5.89. The zero-order chi connectivity index (χ0) is 14.7. The summed E-state index contributed by atoms with van der Waals surface area (Å²) in [5.41, 5.74) is 8.25. The topological polar surface area (TPSA) is 57.3 Å². The lowest BCUT2D eigenvalue weighted by molar-refractivity contribution is 0.0488. The smallest absolute Gasteiger partial charge is 0.355 e. The van der Waals surface area contributed by atoms with Crippen LogP contribution in [0.3, 0.4) is 0 Å². The number of aromatic nitrogens is 1. The summed E-state index contributed by atoms with van der Waals surface area (Å²) in [7, 11) is 0. The van der Waals surface area contributed by atoms with Crippen molar-refractivity contribution in [3.8, 4) is 0 Å². The Bertz CT molecular complexity index is 615. The molecule has 3 rings (SSSR count). The Morgan fingerprint density at radius 1 is 1.29 bits per heavy atom. The number of nitrogens with two attached hydrogens (primary N) is 1. The molecule has 4 heteroatoms. The van der Waals surface area contributed by atoms with Crippen molar-refractivity contribution in [2.75, 3.05) is 12.3 Å². The first-order chi connectivity index (χ1) is 10.2. The van der Waals surface area contributed by atoms with E-state index in [-0.39, 0.29) is 5.97 Å². The molecule has 0 atom stereocenters. The minimum atomic E-state index is -0.272. The average molecular weight is 284 g/mol. The van der Waals surface area contributed by atoms with Crippen LogP contribution >= 0.6 is 0 Å². The third-order valence-electron chi connectivity index (χ3n) is 3.70. The molecular weight excluding hydrogens is 264 g/mol. The Morgan fingerprint density at radius 2 is 2.05 bits per heavy atom. The van der Waals surface area contributed by atoms with Gasteiger partial charge in [0.2, 0.25) is 0 Å². The molecule has 4 nitrogen and oxygen atoms in total. The molecule has 1 fully saturated rings. The first-order valence-electron chi connectivity index (χ1n) is 7.42. The van der Waals surface area contributed by atoms with Crippen molar-refractivity contribution in [2.45, 2.75) is 31.7 Å². The van der Waals surface area contributed by atoms with Crippen molar-refractivity contribution in [3.05, 3.63) is 53.9 Å². The number of benzene rings is 1. The van der Waals surface area contributed by atoms with Crippen molar-refractivity contribution in [1.82, 2.24) is 4.57 Å². The number of aryl methyl sites for hydroxylation is 1. The molecule has 2 N–H and O–H groups in total. The molecule has 1 aromatic carbocycles.